The van der Waals surface area contributed by atoms with Gasteiger partial charge in [0, 0.05) is 25.2 Å². The largest absolute Gasteiger partial charge is 0.481 e. The van der Waals surface area contributed by atoms with Crippen LogP contribution in [0, 0.1) is 5.92 Å². The van der Waals surface area contributed by atoms with Crippen molar-refractivity contribution in [1.29, 1.82) is 0 Å². The summed E-state index contributed by atoms with van der Waals surface area (Å²) < 4.78 is 0. The van der Waals surface area contributed by atoms with Crippen molar-refractivity contribution < 1.29 is 19.5 Å². The van der Waals surface area contributed by atoms with Crippen LogP contribution in [0.3, 0.4) is 0 Å². The standard InChI is InChI=1S/C16H18N2O4/c19-14-8-12(11-5-1-2-6-13(11)17-14)15(20)18-7-3-4-10(9-18)16(21)22/h1-2,5-6,10,12H,3-4,7-9H2,(H,17,19)(H,21,22)/t10-,12?/m0/s1. The number of anilines is 1. The Labute approximate surface area is 128 Å². The number of hydrogen-bond donors (Lipinski definition) is 2. The van der Waals surface area contributed by atoms with Gasteiger partial charge in [0.05, 0.1) is 11.8 Å². The summed E-state index contributed by atoms with van der Waals surface area (Å²) in [5, 5.41) is 11.9. The lowest BCUT2D eigenvalue weighted by molar-refractivity contribution is -0.146. The molecule has 0 bridgehead atoms. The molecular formula is C16H18N2O4. The van der Waals surface area contributed by atoms with Crippen molar-refractivity contribution in [1.82, 2.24) is 4.90 Å². The zero-order valence-corrected chi connectivity index (χ0v) is 12.1. The number of piperidine rings is 1. The van der Waals surface area contributed by atoms with Crippen molar-refractivity contribution >= 4 is 23.5 Å². The number of hydrogen-bond acceptors (Lipinski definition) is 3. The predicted octanol–water partition coefficient (Wildman–Crippen LogP) is 1.44. The van der Waals surface area contributed by atoms with Crippen molar-refractivity contribution in [3.63, 3.8) is 0 Å². The van der Waals surface area contributed by atoms with Crippen LogP contribution in [0.1, 0.15) is 30.7 Å². The molecule has 0 aromatic heterocycles. The van der Waals surface area contributed by atoms with Gasteiger partial charge in [0.2, 0.25) is 11.8 Å². The van der Waals surface area contributed by atoms with E-state index in [2.05, 4.69) is 5.32 Å². The van der Waals surface area contributed by atoms with Gasteiger partial charge in [-0.25, -0.2) is 0 Å². The number of aliphatic carboxylic acids is 1. The Hall–Kier alpha value is -2.37. The summed E-state index contributed by atoms with van der Waals surface area (Å²) >= 11 is 0. The lowest BCUT2D eigenvalue weighted by Crippen LogP contribution is -2.45. The fraction of sp³-hybridized carbons (Fsp3) is 0.438. The van der Waals surface area contributed by atoms with Crippen LogP contribution in [0.5, 0.6) is 0 Å². The predicted molar refractivity (Wildman–Crippen MR) is 79.4 cm³/mol. The van der Waals surface area contributed by atoms with Gasteiger partial charge in [-0.05, 0) is 24.5 Å². The highest BCUT2D eigenvalue weighted by Crippen LogP contribution is 2.34. The third-order valence-electron chi connectivity index (χ3n) is 4.38. The van der Waals surface area contributed by atoms with Crippen LogP contribution in [0.15, 0.2) is 24.3 Å². The molecule has 2 heterocycles. The molecule has 1 fully saturated rings. The average Bonchev–Trinajstić information content (AvgIpc) is 2.53. The number of fused-ring (bicyclic) bond motifs is 1. The number of carbonyl (C=O) groups excluding carboxylic acids is 2. The molecule has 2 atom stereocenters. The van der Waals surface area contributed by atoms with E-state index in [1.54, 1.807) is 11.0 Å². The summed E-state index contributed by atoms with van der Waals surface area (Å²) in [5.41, 5.74) is 1.48. The molecule has 2 amide bonds. The minimum Gasteiger partial charge on any atom is -0.481 e. The van der Waals surface area contributed by atoms with Crippen LogP contribution in [0.4, 0.5) is 5.69 Å². The molecule has 1 aromatic rings. The number of para-hydroxylation sites is 1. The number of amides is 2. The number of nitrogens with zero attached hydrogens (tertiary/aromatic N) is 1. The van der Waals surface area contributed by atoms with Crippen LogP contribution in [-0.4, -0.2) is 40.9 Å². The van der Waals surface area contributed by atoms with E-state index < -0.39 is 17.8 Å². The van der Waals surface area contributed by atoms with E-state index in [4.69, 9.17) is 5.11 Å². The number of carbonyl (C=O) groups is 3. The lowest BCUT2D eigenvalue weighted by Gasteiger charge is -2.35. The second kappa shape index (κ2) is 5.79. The summed E-state index contributed by atoms with van der Waals surface area (Å²) in [5.74, 6) is -2.21. The Kier molecular flexibility index (Phi) is 3.83. The van der Waals surface area contributed by atoms with Crippen LogP contribution in [0.2, 0.25) is 0 Å². The molecule has 116 valence electrons. The van der Waals surface area contributed by atoms with Gasteiger partial charge in [-0.1, -0.05) is 18.2 Å². The summed E-state index contributed by atoms with van der Waals surface area (Å²) in [6.07, 6.45) is 1.40. The molecule has 22 heavy (non-hydrogen) atoms. The monoisotopic (exact) mass is 302 g/mol. The first-order chi connectivity index (χ1) is 10.6. The molecule has 3 rings (SSSR count). The molecule has 1 unspecified atom stereocenters. The third-order valence-corrected chi connectivity index (χ3v) is 4.38. The maximum absolute atomic E-state index is 12.8. The van der Waals surface area contributed by atoms with Gasteiger partial charge in [0.25, 0.3) is 0 Å². The fourth-order valence-corrected chi connectivity index (χ4v) is 3.23. The Balaban J connectivity index is 1.83. The van der Waals surface area contributed by atoms with Crippen molar-refractivity contribution in [2.24, 2.45) is 5.92 Å². The van der Waals surface area contributed by atoms with Gasteiger partial charge in [-0.2, -0.15) is 0 Å². The van der Waals surface area contributed by atoms with Crippen LogP contribution >= 0.6 is 0 Å². The Morgan fingerprint density at radius 3 is 2.82 bits per heavy atom. The maximum Gasteiger partial charge on any atom is 0.308 e. The van der Waals surface area contributed by atoms with Crippen LogP contribution < -0.4 is 5.32 Å². The van der Waals surface area contributed by atoms with Gasteiger partial charge in [-0.3, -0.25) is 14.4 Å². The zero-order chi connectivity index (χ0) is 15.7. The van der Waals surface area contributed by atoms with Crippen molar-refractivity contribution in [2.45, 2.75) is 25.2 Å². The minimum absolute atomic E-state index is 0.115. The molecule has 0 saturated carbocycles. The van der Waals surface area contributed by atoms with Crippen LogP contribution in [0.25, 0.3) is 0 Å². The second-order valence-electron chi connectivity index (χ2n) is 5.85. The van der Waals surface area contributed by atoms with Crippen LogP contribution in [-0.2, 0) is 14.4 Å². The summed E-state index contributed by atoms with van der Waals surface area (Å²) in [6, 6.07) is 7.28. The van der Waals surface area contributed by atoms with Crippen molar-refractivity contribution in [2.75, 3.05) is 18.4 Å². The van der Waals surface area contributed by atoms with E-state index in [9.17, 15) is 14.4 Å². The van der Waals surface area contributed by atoms with E-state index >= 15 is 0 Å². The van der Waals surface area contributed by atoms with E-state index in [-0.39, 0.29) is 24.8 Å². The van der Waals surface area contributed by atoms with Crippen molar-refractivity contribution in [3.05, 3.63) is 29.8 Å². The fourth-order valence-electron chi connectivity index (χ4n) is 3.23. The van der Waals surface area contributed by atoms with E-state index in [1.165, 1.54) is 0 Å². The van der Waals surface area contributed by atoms with Gasteiger partial charge >= 0.3 is 5.97 Å². The highest BCUT2D eigenvalue weighted by atomic mass is 16.4. The smallest absolute Gasteiger partial charge is 0.308 e. The minimum atomic E-state index is -0.862. The summed E-state index contributed by atoms with van der Waals surface area (Å²) in [6.45, 7) is 0.789. The molecule has 6 nitrogen and oxygen atoms in total. The van der Waals surface area contributed by atoms with Gasteiger partial charge in [0.15, 0.2) is 0 Å². The molecule has 2 aliphatic rings. The molecule has 1 saturated heterocycles. The highest BCUT2D eigenvalue weighted by Gasteiger charge is 2.36. The first-order valence-corrected chi connectivity index (χ1v) is 7.46. The normalized spacial score (nSPS) is 24.4. The molecule has 6 heteroatoms. The lowest BCUT2D eigenvalue weighted by atomic mass is 9.88. The topological polar surface area (TPSA) is 86.7 Å². The SMILES string of the molecule is O=C1CC(C(=O)N2CCC[C@H](C(=O)O)C2)c2ccccc2N1. The van der Waals surface area contributed by atoms with Gasteiger partial charge in [-0.15, -0.1) is 0 Å². The number of carboxylic acid groups (broad SMARTS) is 1. The van der Waals surface area contributed by atoms with Gasteiger partial charge in [0.1, 0.15) is 0 Å². The number of benzene rings is 1. The first-order valence-electron chi connectivity index (χ1n) is 7.46. The molecule has 0 spiro atoms. The zero-order valence-electron chi connectivity index (χ0n) is 12.1. The first kappa shape index (κ1) is 14.6. The Morgan fingerprint density at radius 2 is 2.05 bits per heavy atom. The molecule has 2 aliphatic heterocycles. The number of likely N-dealkylation sites (tertiary alicyclic amines) is 1. The molecule has 0 radical (unpaired) electrons. The quantitative estimate of drug-likeness (QED) is 0.865. The van der Waals surface area contributed by atoms with E-state index in [0.717, 1.165) is 5.56 Å². The molecule has 0 aliphatic carbocycles. The van der Waals surface area contributed by atoms with Crippen molar-refractivity contribution in [3.8, 4) is 0 Å². The summed E-state index contributed by atoms with van der Waals surface area (Å²) in [7, 11) is 0. The number of rotatable bonds is 2. The average molecular weight is 302 g/mol. The molecular weight excluding hydrogens is 284 g/mol. The molecule has 1 aromatic carbocycles. The number of carboxylic acids is 1. The molecule has 2 N–H and O–H groups in total. The Bertz CT molecular complexity index is 628. The van der Waals surface area contributed by atoms with E-state index in [0.29, 0.717) is 25.1 Å². The van der Waals surface area contributed by atoms with Gasteiger partial charge < -0.3 is 15.3 Å². The highest BCUT2D eigenvalue weighted by molar-refractivity contribution is 6.01. The third kappa shape index (κ3) is 2.68. The second-order valence-corrected chi connectivity index (χ2v) is 5.85. The maximum atomic E-state index is 12.8. The summed E-state index contributed by atoms with van der Waals surface area (Å²) in [4.78, 5) is 37.3. The Morgan fingerprint density at radius 1 is 1.27 bits per heavy atom. The van der Waals surface area contributed by atoms with E-state index in [1.807, 2.05) is 18.2 Å². The number of nitrogens with one attached hydrogen (secondary N) is 1.